The maximum Gasteiger partial charge on any atom is 0.250 e. The predicted molar refractivity (Wildman–Crippen MR) is 89.9 cm³/mol. The van der Waals surface area contributed by atoms with Gasteiger partial charge in [0.2, 0.25) is 0 Å². The molecule has 2 aromatic rings. The second kappa shape index (κ2) is 7.09. The molecule has 5 nitrogen and oxygen atoms in total. The Bertz CT molecular complexity index is 738. The lowest BCUT2D eigenvalue weighted by Crippen LogP contribution is -2.35. The average Bonchev–Trinajstić information content (AvgIpc) is 3.02. The molecule has 0 radical (unpaired) electrons. The number of nitrogens with one attached hydrogen (secondary N) is 1. The van der Waals surface area contributed by atoms with E-state index in [9.17, 15) is 8.42 Å². The first kappa shape index (κ1) is 16.6. The minimum Gasteiger partial charge on any atom is -0.381 e. The third-order valence-corrected chi connectivity index (χ3v) is 6.98. The Morgan fingerprint density at radius 2 is 2.09 bits per heavy atom. The van der Waals surface area contributed by atoms with Gasteiger partial charge >= 0.3 is 0 Å². The molecular formula is C16H20N2O3S2. The van der Waals surface area contributed by atoms with Gasteiger partial charge in [0.15, 0.2) is 0 Å². The van der Waals surface area contributed by atoms with Crippen molar-refractivity contribution in [2.75, 3.05) is 13.2 Å². The van der Waals surface area contributed by atoms with Gasteiger partial charge in [-0.2, -0.15) is 0 Å². The number of nitrogens with zero attached hydrogens (tertiary/aromatic N) is 1. The van der Waals surface area contributed by atoms with Crippen LogP contribution in [0.2, 0.25) is 0 Å². The summed E-state index contributed by atoms with van der Waals surface area (Å²) in [5.41, 5.74) is 0.899. The number of rotatable bonds is 5. The summed E-state index contributed by atoms with van der Waals surface area (Å²) in [6, 6.07) is 6.97. The molecule has 0 saturated carbocycles. The highest BCUT2D eigenvalue weighted by atomic mass is 32.2. The van der Waals surface area contributed by atoms with Gasteiger partial charge in [0, 0.05) is 30.5 Å². The molecule has 7 heteroatoms. The second-order valence-corrected chi connectivity index (χ2v) is 8.93. The zero-order chi connectivity index (χ0) is 16.3. The summed E-state index contributed by atoms with van der Waals surface area (Å²) in [5.74, 6) is 0.212. The van der Waals surface area contributed by atoms with Crippen molar-refractivity contribution in [3.63, 3.8) is 0 Å². The molecule has 0 aromatic carbocycles. The fourth-order valence-electron chi connectivity index (χ4n) is 2.83. The number of ether oxygens (including phenoxy) is 1. The molecule has 1 unspecified atom stereocenters. The van der Waals surface area contributed by atoms with Crippen molar-refractivity contribution in [2.24, 2.45) is 5.92 Å². The monoisotopic (exact) mass is 352 g/mol. The van der Waals surface area contributed by atoms with E-state index in [0.29, 0.717) is 17.4 Å². The maximum absolute atomic E-state index is 12.7. The highest BCUT2D eigenvalue weighted by molar-refractivity contribution is 7.91. The summed E-state index contributed by atoms with van der Waals surface area (Å²) in [4.78, 5) is 5.12. The van der Waals surface area contributed by atoms with Gasteiger partial charge in [0.05, 0.1) is 6.04 Å². The molecule has 1 atom stereocenters. The first-order chi connectivity index (χ1) is 11.1. The van der Waals surface area contributed by atoms with Crippen molar-refractivity contribution < 1.29 is 13.2 Å². The molecule has 0 spiro atoms. The third kappa shape index (κ3) is 3.98. The molecule has 3 heterocycles. The smallest absolute Gasteiger partial charge is 0.250 e. The summed E-state index contributed by atoms with van der Waals surface area (Å²) < 4.78 is 34.1. The van der Waals surface area contributed by atoms with Crippen LogP contribution in [0.1, 0.15) is 29.3 Å². The zero-order valence-electron chi connectivity index (χ0n) is 12.9. The summed E-state index contributed by atoms with van der Waals surface area (Å²) in [7, 11) is -3.54. The molecule has 23 heavy (non-hydrogen) atoms. The Morgan fingerprint density at radius 1 is 1.30 bits per heavy atom. The van der Waals surface area contributed by atoms with Crippen molar-refractivity contribution in [1.29, 1.82) is 0 Å². The molecule has 1 aliphatic heterocycles. The van der Waals surface area contributed by atoms with E-state index in [1.807, 2.05) is 25.1 Å². The second-order valence-electron chi connectivity index (χ2n) is 5.70. The fourth-order valence-corrected chi connectivity index (χ4v) is 5.42. The van der Waals surface area contributed by atoms with Crippen LogP contribution in [0.15, 0.2) is 40.9 Å². The molecule has 124 valence electrons. The number of hydrogen-bond donors (Lipinski definition) is 1. The van der Waals surface area contributed by atoms with Crippen LogP contribution in [0.25, 0.3) is 0 Å². The van der Waals surface area contributed by atoms with Crippen molar-refractivity contribution in [2.45, 2.75) is 30.0 Å². The quantitative estimate of drug-likeness (QED) is 0.898. The molecule has 0 bridgehead atoms. The number of sulfonamides is 1. The molecule has 3 rings (SSSR count). The molecule has 1 fully saturated rings. The van der Waals surface area contributed by atoms with Gasteiger partial charge in [-0.25, -0.2) is 13.1 Å². The zero-order valence-corrected chi connectivity index (χ0v) is 14.6. The van der Waals surface area contributed by atoms with E-state index in [1.165, 1.54) is 11.3 Å². The Balaban J connectivity index is 1.89. The largest absolute Gasteiger partial charge is 0.381 e. The standard InChI is InChI=1S/C16H20N2O3S2/c1-12-4-5-15(22-12)23(19,20)18-16(13-6-9-21-10-7-13)14-3-2-8-17-11-14/h2-5,8,11,13,16,18H,6-7,9-10H2,1H3. The Hall–Kier alpha value is -1.28. The number of pyridine rings is 1. The van der Waals surface area contributed by atoms with Crippen LogP contribution < -0.4 is 4.72 Å². The summed E-state index contributed by atoms with van der Waals surface area (Å²) in [6.07, 6.45) is 5.11. The Morgan fingerprint density at radius 3 is 2.70 bits per heavy atom. The van der Waals surface area contributed by atoms with Gasteiger partial charge in [0.1, 0.15) is 4.21 Å². The topological polar surface area (TPSA) is 68.3 Å². The molecule has 1 saturated heterocycles. The van der Waals surface area contributed by atoms with Crippen LogP contribution in [0.5, 0.6) is 0 Å². The first-order valence-corrected chi connectivity index (χ1v) is 9.93. The number of hydrogen-bond acceptors (Lipinski definition) is 5. The molecule has 1 N–H and O–H groups in total. The fraction of sp³-hybridized carbons (Fsp3) is 0.438. The van der Waals surface area contributed by atoms with Gasteiger partial charge in [-0.1, -0.05) is 6.07 Å². The third-order valence-electron chi connectivity index (χ3n) is 4.04. The lowest BCUT2D eigenvalue weighted by Gasteiger charge is -2.30. The van der Waals surface area contributed by atoms with Crippen LogP contribution in [0, 0.1) is 12.8 Å². The first-order valence-electron chi connectivity index (χ1n) is 7.63. The minimum atomic E-state index is -3.54. The SMILES string of the molecule is Cc1ccc(S(=O)(=O)NC(c2cccnc2)C2CCOCC2)s1. The predicted octanol–water partition coefficient (Wildman–Crippen LogP) is 2.90. The lowest BCUT2D eigenvalue weighted by atomic mass is 9.88. The van der Waals surface area contributed by atoms with Gasteiger partial charge in [-0.05, 0) is 49.4 Å². The highest BCUT2D eigenvalue weighted by Gasteiger charge is 2.30. The van der Waals surface area contributed by atoms with Crippen molar-refractivity contribution in [3.8, 4) is 0 Å². The van der Waals surface area contributed by atoms with E-state index in [4.69, 9.17) is 4.74 Å². The van der Waals surface area contributed by atoms with Gasteiger partial charge in [-0.15, -0.1) is 11.3 Å². The van der Waals surface area contributed by atoms with E-state index in [1.54, 1.807) is 18.5 Å². The Kier molecular flexibility index (Phi) is 5.11. The van der Waals surface area contributed by atoms with Crippen molar-refractivity contribution in [1.82, 2.24) is 9.71 Å². The van der Waals surface area contributed by atoms with Crippen LogP contribution in [0.3, 0.4) is 0 Å². The van der Waals surface area contributed by atoms with Crippen LogP contribution >= 0.6 is 11.3 Å². The van der Waals surface area contributed by atoms with Crippen molar-refractivity contribution in [3.05, 3.63) is 47.1 Å². The normalized spacial score (nSPS) is 18.0. The van der Waals surface area contributed by atoms with E-state index < -0.39 is 10.0 Å². The molecule has 0 amide bonds. The van der Waals surface area contributed by atoms with Crippen molar-refractivity contribution >= 4 is 21.4 Å². The summed E-state index contributed by atoms with van der Waals surface area (Å²) in [5, 5.41) is 0. The average molecular weight is 352 g/mol. The van der Waals surface area contributed by atoms with Gasteiger partial charge < -0.3 is 4.74 Å². The lowest BCUT2D eigenvalue weighted by molar-refractivity contribution is 0.0564. The minimum absolute atomic E-state index is 0.212. The van der Waals surface area contributed by atoms with Gasteiger partial charge in [-0.3, -0.25) is 4.98 Å². The number of thiophene rings is 1. The molecule has 0 aliphatic carbocycles. The van der Waals surface area contributed by atoms with E-state index in [2.05, 4.69) is 9.71 Å². The number of aryl methyl sites for hydroxylation is 1. The number of aromatic nitrogens is 1. The summed E-state index contributed by atoms with van der Waals surface area (Å²) in [6.45, 7) is 3.24. The van der Waals surface area contributed by atoms with Crippen LogP contribution in [0.4, 0.5) is 0 Å². The van der Waals surface area contributed by atoms with E-state index >= 15 is 0 Å². The molecule has 2 aromatic heterocycles. The van der Waals surface area contributed by atoms with Gasteiger partial charge in [0.25, 0.3) is 10.0 Å². The molecule has 1 aliphatic rings. The summed E-state index contributed by atoms with van der Waals surface area (Å²) >= 11 is 1.29. The molecular weight excluding hydrogens is 332 g/mol. The Labute approximate surface area is 140 Å². The van der Waals surface area contributed by atoms with E-state index in [-0.39, 0.29) is 12.0 Å². The van der Waals surface area contributed by atoms with Crippen LogP contribution in [-0.4, -0.2) is 26.6 Å². The van der Waals surface area contributed by atoms with Crippen LogP contribution in [-0.2, 0) is 14.8 Å². The highest BCUT2D eigenvalue weighted by Crippen LogP contribution is 2.32. The maximum atomic E-state index is 12.7. The van der Waals surface area contributed by atoms with E-state index in [0.717, 1.165) is 23.3 Å².